The van der Waals surface area contributed by atoms with Gasteiger partial charge in [-0.2, -0.15) is 18.2 Å². The number of allylic oxidation sites excluding steroid dienone is 5. The minimum Gasteiger partial charge on any atom is -0.494 e. The molecule has 0 aromatic heterocycles. The first-order chi connectivity index (χ1) is 8.84. The van der Waals surface area contributed by atoms with Gasteiger partial charge in [0, 0.05) is 29.2 Å². The van der Waals surface area contributed by atoms with Crippen LogP contribution in [0.1, 0.15) is 12.8 Å². The Morgan fingerprint density at radius 1 is 1.16 bits per heavy atom. The van der Waals surface area contributed by atoms with Gasteiger partial charge in [0.15, 0.2) is 5.88 Å². The maximum atomic E-state index is 9.48. The quantitative estimate of drug-likeness (QED) is 0.339. The average Bonchev–Trinajstić information content (AvgIpc) is 3.09. The first kappa shape index (κ1) is 17.6. The molecule has 0 fully saturated rings. The zero-order valence-corrected chi connectivity index (χ0v) is 12.0. The molecule has 0 amide bonds. The summed E-state index contributed by atoms with van der Waals surface area (Å²) in [6.45, 7) is 1.48. The number of aliphatic hydroxyl groups is 1. The maximum Gasteiger partial charge on any atom is 0.191 e. The van der Waals surface area contributed by atoms with Crippen LogP contribution in [0.4, 0.5) is 0 Å². The molecule has 19 heavy (non-hydrogen) atoms. The summed E-state index contributed by atoms with van der Waals surface area (Å²) < 4.78 is 0. The third-order valence-corrected chi connectivity index (χ3v) is 2.42. The second-order valence-electron chi connectivity index (χ2n) is 3.91. The van der Waals surface area contributed by atoms with Crippen molar-refractivity contribution in [2.75, 3.05) is 13.1 Å². The van der Waals surface area contributed by atoms with E-state index in [1.165, 1.54) is 0 Å². The molecule has 0 atom stereocenters. The maximum absolute atomic E-state index is 9.48. The van der Waals surface area contributed by atoms with Gasteiger partial charge in [0.25, 0.3) is 0 Å². The van der Waals surface area contributed by atoms with Crippen LogP contribution in [-0.4, -0.2) is 18.2 Å². The van der Waals surface area contributed by atoms with Crippen molar-refractivity contribution in [1.82, 2.24) is 5.32 Å². The molecule has 4 heteroatoms. The van der Waals surface area contributed by atoms with Crippen molar-refractivity contribution in [3.05, 3.63) is 66.1 Å². The van der Waals surface area contributed by atoms with Crippen LogP contribution >= 0.6 is 0 Å². The summed E-state index contributed by atoms with van der Waals surface area (Å²) in [7, 11) is 0. The van der Waals surface area contributed by atoms with Crippen molar-refractivity contribution >= 4 is 0 Å². The Morgan fingerprint density at radius 2 is 1.79 bits per heavy atom. The molecule has 0 unspecified atom stereocenters. The predicted molar refractivity (Wildman–Crippen MR) is 76.3 cm³/mol. The van der Waals surface area contributed by atoms with Gasteiger partial charge in [-0.25, -0.2) is 12.1 Å². The molecule has 1 aliphatic carbocycles. The summed E-state index contributed by atoms with van der Waals surface area (Å²) in [4.78, 5) is 0. The number of aliphatic hydroxyl groups excluding tert-OH is 1. The molecular formula is C15H21FeN2O-. The third-order valence-electron chi connectivity index (χ3n) is 2.42. The molecule has 1 aromatic rings. The SMILES string of the molecule is NCCCCNC(O)=C1C=CC=C1.[Fe].c1cc[cH-]c1. The van der Waals surface area contributed by atoms with E-state index in [0.717, 1.165) is 25.0 Å². The van der Waals surface area contributed by atoms with Gasteiger partial charge in [-0.15, -0.1) is 0 Å². The van der Waals surface area contributed by atoms with Crippen LogP contribution in [0.2, 0.25) is 0 Å². The van der Waals surface area contributed by atoms with E-state index in [4.69, 9.17) is 5.73 Å². The summed E-state index contributed by atoms with van der Waals surface area (Å²) in [5.41, 5.74) is 6.18. The van der Waals surface area contributed by atoms with Gasteiger partial charge in [0.2, 0.25) is 0 Å². The van der Waals surface area contributed by atoms with Gasteiger partial charge in [-0.3, -0.25) is 0 Å². The molecule has 0 saturated carbocycles. The summed E-state index contributed by atoms with van der Waals surface area (Å²) in [5.74, 6) is 0.252. The average molecular weight is 301 g/mol. The first-order valence-corrected chi connectivity index (χ1v) is 6.23. The van der Waals surface area contributed by atoms with Crippen molar-refractivity contribution in [2.45, 2.75) is 12.8 Å². The standard InChI is InChI=1S/C10H16N2O.C5H5.Fe/c11-7-3-4-8-12-10(13)9-5-1-2-6-9;1-2-4-5-3-1;/h1-2,5-6,12-13H,3-4,7-8,11H2;1-5H;/q;-1;. The van der Waals surface area contributed by atoms with Crippen molar-refractivity contribution in [2.24, 2.45) is 5.73 Å². The number of hydrogen-bond donors (Lipinski definition) is 3. The molecule has 3 nitrogen and oxygen atoms in total. The molecule has 0 bridgehead atoms. The van der Waals surface area contributed by atoms with Crippen molar-refractivity contribution < 1.29 is 22.2 Å². The third kappa shape index (κ3) is 8.38. The number of nitrogens with two attached hydrogens (primary N) is 1. The van der Waals surface area contributed by atoms with Crippen LogP contribution in [0.15, 0.2) is 66.1 Å². The largest absolute Gasteiger partial charge is 0.494 e. The van der Waals surface area contributed by atoms with E-state index in [2.05, 4.69) is 5.32 Å². The fraction of sp³-hybridized carbons (Fsp3) is 0.267. The van der Waals surface area contributed by atoms with Crippen LogP contribution in [0.25, 0.3) is 0 Å². The van der Waals surface area contributed by atoms with E-state index >= 15 is 0 Å². The zero-order valence-electron chi connectivity index (χ0n) is 10.9. The fourth-order valence-electron chi connectivity index (χ4n) is 1.43. The van der Waals surface area contributed by atoms with Crippen LogP contribution in [0, 0.1) is 0 Å². The van der Waals surface area contributed by atoms with Crippen LogP contribution in [0.5, 0.6) is 0 Å². The minimum atomic E-state index is 0. The Kier molecular flexibility index (Phi) is 10.9. The molecular weight excluding hydrogens is 280 g/mol. The smallest absolute Gasteiger partial charge is 0.191 e. The van der Waals surface area contributed by atoms with Gasteiger partial charge >= 0.3 is 0 Å². The van der Waals surface area contributed by atoms with E-state index < -0.39 is 0 Å². The Hall–Kier alpha value is -1.35. The molecule has 0 saturated heterocycles. The van der Waals surface area contributed by atoms with Crippen LogP contribution in [-0.2, 0) is 17.1 Å². The second-order valence-corrected chi connectivity index (χ2v) is 3.91. The molecule has 0 spiro atoms. The van der Waals surface area contributed by atoms with E-state index in [-0.39, 0.29) is 23.0 Å². The van der Waals surface area contributed by atoms with Crippen molar-refractivity contribution in [3.63, 3.8) is 0 Å². The van der Waals surface area contributed by atoms with Gasteiger partial charge in [0.1, 0.15) is 0 Å². The van der Waals surface area contributed by atoms with Crippen molar-refractivity contribution in [1.29, 1.82) is 0 Å². The van der Waals surface area contributed by atoms with Gasteiger partial charge in [-0.05, 0) is 31.5 Å². The second kappa shape index (κ2) is 11.7. The normalized spacial score (nSPS) is 11.5. The monoisotopic (exact) mass is 301 g/mol. The molecule has 0 aliphatic heterocycles. The summed E-state index contributed by atoms with van der Waals surface area (Å²) in [6, 6.07) is 10.0. The number of unbranched alkanes of at least 4 members (excludes halogenated alkanes) is 1. The molecule has 1 aromatic carbocycles. The number of nitrogens with one attached hydrogen (secondary N) is 1. The van der Waals surface area contributed by atoms with E-state index in [1.807, 2.05) is 54.6 Å². The number of rotatable bonds is 5. The molecule has 4 N–H and O–H groups in total. The molecule has 106 valence electrons. The molecule has 0 heterocycles. The Bertz CT molecular complexity index is 363. The Morgan fingerprint density at radius 3 is 2.26 bits per heavy atom. The van der Waals surface area contributed by atoms with E-state index in [0.29, 0.717) is 6.54 Å². The minimum absolute atomic E-state index is 0. The zero-order chi connectivity index (χ0) is 13.1. The summed E-state index contributed by atoms with van der Waals surface area (Å²) >= 11 is 0. The molecule has 1 aliphatic rings. The van der Waals surface area contributed by atoms with Gasteiger partial charge in [-0.1, -0.05) is 12.2 Å². The predicted octanol–water partition coefficient (Wildman–Crippen LogP) is 2.61. The Labute approximate surface area is 125 Å². The van der Waals surface area contributed by atoms with Gasteiger partial charge < -0.3 is 16.2 Å². The summed E-state index contributed by atoms with van der Waals surface area (Å²) in [6.07, 6.45) is 9.50. The molecule has 0 radical (unpaired) electrons. The van der Waals surface area contributed by atoms with E-state index in [1.54, 1.807) is 0 Å². The van der Waals surface area contributed by atoms with Gasteiger partial charge in [0.05, 0.1) is 0 Å². The summed E-state index contributed by atoms with van der Waals surface area (Å²) in [5, 5.41) is 12.4. The van der Waals surface area contributed by atoms with Crippen molar-refractivity contribution in [3.8, 4) is 0 Å². The Balaban J connectivity index is 0.000000454. The number of hydrogen-bond acceptors (Lipinski definition) is 3. The first-order valence-electron chi connectivity index (χ1n) is 6.23. The topological polar surface area (TPSA) is 58.3 Å². The van der Waals surface area contributed by atoms with Crippen LogP contribution in [0.3, 0.4) is 0 Å². The van der Waals surface area contributed by atoms with E-state index in [9.17, 15) is 5.11 Å². The molecule has 2 rings (SSSR count). The fourth-order valence-corrected chi connectivity index (χ4v) is 1.43. The van der Waals surface area contributed by atoms with Crippen LogP contribution < -0.4 is 11.1 Å².